The molecule has 1 aromatic heterocycles. The average Bonchev–Trinajstić information content (AvgIpc) is 3.02. The number of rotatable bonds is 3. The van der Waals surface area contributed by atoms with Gasteiger partial charge in [0.2, 0.25) is 0 Å². The Hall–Kier alpha value is -3.01. The van der Waals surface area contributed by atoms with E-state index in [1.54, 1.807) is 12.1 Å². The minimum atomic E-state index is -0.250. The van der Waals surface area contributed by atoms with Crippen molar-refractivity contribution in [2.45, 2.75) is 0 Å². The molecule has 0 unspecified atom stereocenters. The topological polar surface area (TPSA) is 54.3 Å². The zero-order valence-corrected chi connectivity index (χ0v) is 11.2. The number of phenols is 1. The van der Waals surface area contributed by atoms with Gasteiger partial charge in [0, 0.05) is 29.3 Å². The molecule has 4 nitrogen and oxygen atoms in total. The van der Waals surface area contributed by atoms with Crippen LogP contribution < -0.4 is 5.32 Å². The van der Waals surface area contributed by atoms with Gasteiger partial charge in [-0.25, -0.2) is 0 Å². The summed E-state index contributed by atoms with van der Waals surface area (Å²) in [6, 6.07) is 17.7. The van der Waals surface area contributed by atoms with Crippen molar-refractivity contribution in [1.82, 2.24) is 4.57 Å². The molecule has 4 heteroatoms. The van der Waals surface area contributed by atoms with Gasteiger partial charge in [-0.3, -0.25) is 4.79 Å². The number of phenolic OH excluding ortho intramolecular Hbond substituents is 1. The summed E-state index contributed by atoms with van der Waals surface area (Å²) in [5, 5.41) is 12.2. The predicted octanol–water partition coefficient (Wildman–Crippen LogP) is 3.44. The highest BCUT2D eigenvalue weighted by atomic mass is 16.3. The van der Waals surface area contributed by atoms with Gasteiger partial charge < -0.3 is 15.0 Å². The van der Waals surface area contributed by atoms with Crippen molar-refractivity contribution in [2.75, 3.05) is 5.32 Å². The van der Waals surface area contributed by atoms with Gasteiger partial charge >= 0.3 is 0 Å². The number of nitrogens with zero attached hydrogens (tertiary/aromatic N) is 1. The van der Waals surface area contributed by atoms with Crippen LogP contribution in [0.3, 0.4) is 0 Å². The van der Waals surface area contributed by atoms with E-state index in [1.807, 2.05) is 53.4 Å². The maximum atomic E-state index is 12.1. The molecule has 0 aliphatic carbocycles. The van der Waals surface area contributed by atoms with Crippen molar-refractivity contribution < 1.29 is 9.90 Å². The molecule has 0 spiro atoms. The Morgan fingerprint density at radius 3 is 2.33 bits per heavy atom. The molecule has 2 aromatic carbocycles. The maximum absolute atomic E-state index is 12.1. The Morgan fingerprint density at radius 1 is 0.952 bits per heavy atom. The van der Waals surface area contributed by atoms with Gasteiger partial charge in [-0.15, -0.1) is 0 Å². The highest BCUT2D eigenvalue weighted by Gasteiger charge is 2.06. The van der Waals surface area contributed by atoms with E-state index in [-0.39, 0.29) is 11.7 Å². The number of aromatic nitrogens is 1. The number of benzene rings is 2. The van der Waals surface area contributed by atoms with Crippen molar-refractivity contribution in [1.29, 1.82) is 0 Å². The van der Waals surface area contributed by atoms with Crippen LogP contribution in [-0.4, -0.2) is 15.6 Å². The van der Waals surface area contributed by atoms with Gasteiger partial charge in [0.05, 0.1) is 0 Å². The zero-order valence-electron chi connectivity index (χ0n) is 11.2. The van der Waals surface area contributed by atoms with E-state index in [2.05, 4.69) is 5.32 Å². The van der Waals surface area contributed by atoms with Gasteiger partial charge in [0.1, 0.15) is 5.75 Å². The van der Waals surface area contributed by atoms with Gasteiger partial charge in [0.25, 0.3) is 5.91 Å². The van der Waals surface area contributed by atoms with Gasteiger partial charge in [-0.05, 0) is 54.6 Å². The van der Waals surface area contributed by atoms with Crippen molar-refractivity contribution in [3.8, 4) is 11.4 Å². The van der Waals surface area contributed by atoms with Crippen molar-refractivity contribution in [2.24, 2.45) is 0 Å². The van der Waals surface area contributed by atoms with E-state index in [1.165, 1.54) is 12.1 Å². The van der Waals surface area contributed by atoms with Crippen LogP contribution in [0, 0.1) is 0 Å². The van der Waals surface area contributed by atoms with E-state index in [9.17, 15) is 9.90 Å². The summed E-state index contributed by atoms with van der Waals surface area (Å²) in [6.45, 7) is 0. The largest absolute Gasteiger partial charge is 0.508 e. The molecule has 0 radical (unpaired) electrons. The smallest absolute Gasteiger partial charge is 0.255 e. The first-order valence-electron chi connectivity index (χ1n) is 6.56. The Morgan fingerprint density at radius 2 is 1.67 bits per heavy atom. The predicted molar refractivity (Wildman–Crippen MR) is 81.8 cm³/mol. The van der Waals surface area contributed by atoms with Crippen molar-refractivity contribution >= 4 is 11.6 Å². The summed E-state index contributed by atoms with van der Waals surface area (Å²) in [4.78, 5) is 12.1. The third-order valence-electron chi connectivity index (χ3n) is 3.14. The first-order valence-corrected chi connectivity index (χ1v) is 6.56. The normalized spacial score (nSPS) is 10.3. The van der Waals surface area contributed by atoms with Crippen LogP contribution in [0.4, 0.5) is 5.69 Å². The second kappa shape index (κ2) is 5.54. The lowest BCUT2D eigenvalue weighted by molar-refractivity contribution is 0.102. The molecular formula is C17H14N2O2. The molecule has 0 fully saturated rings. The lowest BCUT2D eigenvalue weighted by Crippen LogP contribution is -2.11. The van der Waals surface area contributed by atoms with E-state index in [4.69, 9.17) is 0 Å². The number of anilines is 1. The van der Waals surface area contributed by atoms with E-state index < -0.39 is 0 Å². The standard InChI is InChI=1S/C17H14N2O2/c20-16-5-3-4-13(12-16)17(21)18-14-6-8-15(9-7-14)19-10-1-2-11-19/h1-12,20H,(H,18,21). The molecule has 0 atom stereocenters. The number of carbonyl (C=O) groups is 1. The molecular weight excluding hydrogens is 264 g/mol. The molecule has 0 saturated carbocycles. The van der Waals surface area contributed by atoms with E-state index in [0.717, 1.165) is 5.69 Å². The van der Waals surface area contributed by atoms with Gasteiger partial charge in [0.15, 0.2) is 0 Å². The van der Waals surface area contributed by atoms with Gasteiger partial charge in [-0.1, -0.05) is 6.07 Å². The van der Waals surface area contributed by atoms with Crippen LogP contribution in [0.2, 0.25) is 0 Å². The second-order valence-corrected chi connectivity index (χ2v) is 4.64. The molecule has 1 heterocycles. The quantitative estimate of drug-likeness (QED) is 0.771. The van der Waals surface area contributed by atoms with E-state index in [0.29, 0.717) is 11.3 Å². The SMILES string of the molecule is O=C(Nc1ccc(-n2cccc2)cc1)c1cccc(O)c1. The molecule has 2 N–H and O–H groups in total. The number of hydrogen-bond donors (Lipinski definition) is 2. The summed E-state index contributed by atoms with van der Waals surface area (Å²) in [5.41, 5.74) is 2.15. The summed E-state index contributed by atoms with van der Waals surface area (Å²) in [7, 11) is 0. The maximum Gasteiger partial charge on any atom is 0.255 e. The zero-order chi connectivity index (χ0) is 14.7. The Bertz CT molecular complexity index is 747. The van der Waals surface area contributed by atoms with Crippen LogP contribution in [0.1, 0.15) is 10.4 Å². The van der Waals surface area contributed by atoms with Crippen LogP contribution in [0.5, 0.6) is 5.75 Å². The molecule has 21 heavy (non-hydrogen) atoms. The first kappa shape index (κ1) is 13.0. The first-order chi connectivity index (χ1) is 10.2. The van der Waals surface area contributed by atoms with Crippen molar-refractivity contribution in [3.63, 3.8) is 0 Å². The summed E-state index contributed by atoms with van der Waals surface area (Å²) in [6.07, 6.45) is 3.92. The Labute approximate surface area is 122 Å². The van der Waals surface area contributed by atoms with E-state index >= 15 is 0 Å². The van der Waals surface area contributed by atoms with Crippen LogP contribution in [0.15, 0.2) is 73.1 Å². The fraction of sp³-hybridized carbons (Fsp3) is 0. The highest BCUT2D eigenvalue weighted by molar-refractivity contribution is 6.04. The number of aromatic hydroxyl groups is 1. The molecule has 0 saturated heterocycles. The molecule has 1 amide bonds. The molecule has 0 aliphatic rings. The third-order valence-corrected chi connectivity index (χ3v) is 3.14. The number of nitrogens with one attached hydrogen (secondary N) is 1. The molecule has 104 valence electrons. The summed E-state index contributed by atoms with van der Waals surface area (Å²) >= 11 is 0. The fourth-order valence-corrected chi connectivity index (χ4v) is 2.07. The minimum absolute atomic E-state index is 0.0746. The molecule has 3 rings (SSSR count). The molecule has 3 aromatic rings. The minimum Gasteiger partial charge on any atom is -0.508 e. The monoisotopic (exact) mass is 278 g/mol. The highest BCUT2D eigenvalue weighted by Crippen LogP contribution is 2.16. The third kappa shape index (κ3) is 2.95. The van der Waals surface area contributed by atoms with Crippen LogP contribution in [-0.2, 0) is 0 Å². The van der Waals surface area contributed by atoms with Gasteiger partial charge in [-0.2, -0.15) is 0 Å². The summed E-state index contributed by atoms with van der Waals surface area (Å²) < 4.78 is 1.99. The van der Waals surface area contributed by atoms with Crippen LogP contribution >= 0.6 is 0 Å². The number of amides is 1. The van der Waals surface area contributed by atoms with Crippen LogP contribution in [0.25, 0.3) is 5.69 Å². The second-order valence-electron chi connectivity index (χ2n) is 4.64. The average molecular weight is 278 g/mol. The number of hydrogen-bond acceptors (Lipinski definition) is 2. The Balaban J connectivity index is 1.75. The molecule has 0 aliphatic heterocycles. The summed E-state index contributed by atoms with van der Waals surface area (Å²) in [5.74, 6) is -0.176. The lowest BCUT2D eigenvalue weighted by Gasteiger charge is -2.07. The Kier molecular flexibility index (Phi) is 3.43. The fourth-order valence-electron chi connectivity index (χ4n) is 2.07. The lowest BCUT2D eigenvalue weighted by atomic mass is 10.2. The number of carbonyl (C=O) groups excluding carboxylic acids is 1. The van der Waals surface area contributed by atoms with Crippen molar-refractivity contribution in [3.05, 3.63) is 78.6 Å². The molecule has 0 bridgehead atoms.